The Morgan fingerprint density at radius 3 is 2.96 bits per heavy atom. The highest BCUT2D eigenvalue weighted by molar-refractivity contribution is 6.13. The molecule has 2 heterocycles. The zero-order chi connectivity index (χ0) is 19.1. The highest BCUT2D eigenvalue weighted by atomic mass is 16.5. The lowest BCUT2D eigenvalue weighted by molar-refractivity contribution is 0.0956. The minimum absolute atomic E-state index is 0.0251. The van der Waals surface area contributed by atoms with Gasteiger partial charge < -0.3 is 20.4 Å². The molecule has 3 rings (SSSR count). The lowest BCUT2D eigenvalue weighted by Crippen LogP contribution is -2.22. The maximum atomic E-state index is 12.5. The number of H-pyrrole nitrogens is 1. The number of rotatable bonds is 9. The Kier molecular flexibility index (Phi) is 6.59. The van der Waals surface area contributed by atoms with E-state index in [0.717, 1.165) is 38.0 Å². The van der Waals surface area contributed by atoms with E-state index in [1.807, 2.05) is 0 Å². The Morgan fingerprint density at radius 2 is 2.19 bits per heavy atom. The number of amides is 1. The van der Waals surface area contributed by atoms with Gasteiger partial charge in [-0.15, -0.1) is 0 Å². The van der Waals surface area contributed by atoms with E-state index in [9.17, 15) is 9.59 Å². The number of aromatic amines is 1. The van der Waals surface area contributed by atoms with Crippen LogP contribution in [0.5, 0.6) is 5.88 Å². The summed E-state index contributed by atoms with van der Waals surface area (Å²) >= 11 is 0. The summed E-state index contributed by atoms with van der Waals surface area (Å²) in [7, 11) is 0. The molecule has 7 heteroatoms. The van der Waals surface area contributed by atoms with Crippen molar-refractivity contribution < 1.29 is 14.3 Å². The fourth-order valence-electron chi connectivity index (χ4n) is 3.10. The molecule has 0 bridgehead atoms. The molecule has 0 radical (unpaired) electrons. The van der Waals surface area contributed by atoms with Crippen LogP contribution in [-0.4, -0.2) is 41.4 Å². The third-order valence-electron chi connectivity index (χ3n) is 4.55. The van der Waals surface area contributed by atoms with Crippen LogP contribution in [0.15, 0.2) is 24.5 Å². The van der Waals surface area contributed by atoms with Crippen LogP contribution in [0.2, 0.25) is 0 Å². The first-order valence-electron chi connectivity index (χ1n) is 9.53. The van der Waals surface area contributed by atoms with E-state index in [2.05, 4.69) is 27.5 Å². The second-order valence-electron chi connectivity index (χ2n) is 6.62. The van der Waals surface area contributed by atoms with Gasteiger partial charge in [0, 0.05) is 30.9 Å². The zero-order valence-corrected chi connectivity index (χ0v) is 15.6. The first kappa shape index (κ1) is 19.1. The third-order valence-corrected chi connectivity index (χ3v) is 4.55. The van der Waals surface area contributed by atoms with Crippen molar-refractivity contribution >= 4 is 17.4 Å². The van der Waals surface area contributed by atoms with Gasteiger partial charge in [-0.25, -0.2) is 4.98 Å². The lowest BCUT2D eigenvalue weighted by Gasteiger charge is -2.12. The van der Waals surface area contributed by atoms with E-state index < -0.39 is 0 Å². The highest BCUT2D eigenvalue weighted by Gasteiger charge is 2.25. The van der Waals surface area contributed by atoms with Crippen molar-refractivity contribution in [2.45, 2.75) is 39.0 Å². The Morgan fingerprint density at radius 1 is 1.30 bits per heavy atom. The number of unbranched alkanes of at least 4 members (excludes halogenated alkanes) is 1. The number of fused-ring (bicyclic) bond motifs is 1. The predicted molar refractivity (Wildman–Crippen MR) is 104 cm³/mol. The van der Waals surface area contributed by atoms with Crippen molar-refractivity contribution in [1.82, 2.24) is 15.3 Å². The largest absolute Gasteiger partial charge is 0.476 e. The number of nitrogens with zero attached hydrogens (tertiary/aromatic N) is 1. The topological polar surface area (TPSA) is 96.1 Å². The van der Waals surface area contributed by atoms with E-state index in [4.69, 9.17) is 4.74 Å². The SMILES string of the molecule is CCCCNCCOc1ccc(NC(=O)c2c[nH]c3c2C(=O)CCC3)cn1. The number of nitrogens with one attached hydrogen (secondary N) is 3. The van der Waals surface area contributed by atoms with E-state index >= 15 is 0 Å². The molecule has 0 saturated heterocycles. The molecule has 2 aromatic rings. The monoisotopic (exact) mass is 370 g/mol. The van der Waals surface area contributed by atoms with E-state index in [0.29, 0.717) is 35.7 Å². The summed E-state index contributed by atoms with van der Waals surface area (Å²) in [5.74, 6) is 0.231. The number of aryl methyl sites for hydroxylation is 1. The summed E-state index contributed by atoms with van der Waals surface area (Å²) in [5, 5.41) is 6.09. The van der Waals surface area contributed by atoms with Gasteiger partial charge in [0.05, 0.1) is 23.0 Å². The molecule has 0 unspecified atom stereocenters. The van der Waals surface area contributed by atoms with Gasteiger partial charge in [0.1, 0.15) is 6.61 Å². The normalized spacial score (nSPS) is 13.3. The van der Waals surface area contributed by atoms with Crippen LogP contribution < -0.4 is 15.4 Å². The molecule has 0 fully saturated rings. The number of aromatic nitrogens is 2. The first-order valence-corrected chi connectivity index (χ1v) is 9.53. The van der Waals surface area contributed by atoms with Gasteiger partial charge in [0.15, 0.2) is 5.78 Å². The molecule has 2 aromatic heterocycles. The molecule has 0 saturated carbocycles. The van der Waals surface area contributed by atoms with Crippen molar-refractivity contribution in [3.8, 4) is 5.88 Å². The Balaban J connectivity index is 1.52. The van der Waals surface area contributed by atoms with Crippen LogP contribution >= 0.6 is 0 Å². The van der Waals surface area contributed by atoms with Crippen LogP contribution in [0.25, 0.3) is 0 Å². The third kappa shape index (κ3) is 4.95. The maximum absolute atomic E-state index is 12.5. The number of hydrogen-bond acceptors (Lipinski definition) is 5. The lowest BCUT2D eigenvalue weighted by atomic mass is 9.93. The Hall–Kier alpha value is -2.67. The van der Waals surface area contributed by atoms with Crippen molar-refractivity contribution in [3.05, 3.63) is 41.3 Å². The molecule has 27 heavy (non-hydrogen) atoms. The maximum Gasteiger partial charge on any atom is 0.257 e. The Bertz CT molecular complexity index is 783. The highest BCUT2D eigenvalue weighted by Crippen LogP contribution is 2.24. The second-order valence-corrected chi connectivity index (χ2v) is 6.62. The summed E-state index contributed by atoms with van der Waals surface area (Å²) in [6, 6.07) is 3.46. The van der Waals surface area contributed by atoms with Crippen LogP contribution in [0, 0.1) is 0 Å². The van der Waals surface area contributed by atoms with E-state index in [-0.39, 0.29) is 11.7 Å². The number of ether oxygens (including phenoxy) is 1. The van der Waals surface area contributed by atoms with Gasteiger partial charge >= 0.3 is 0 Å². The molecule has 0 spiro atoms. The number of ketones is 1. The second kappa shape index (κ2) is 9.32. The summed E-state index contributed by atoms with van der Waals surface area (Å²) in [6.45, 7) is 4.46. The summed E-state index contributed by atoms with van der Waals surface area (Å²) in [6.07, 6.45) is 7.61. The molecular formula is C20H26N4O3. The molecule has 0 aliphatic heterocycles. The van der Waals surface area contributed by atoms with Crippen molar-refractivity contribution in [3.63, 3.8) is 0 Å². The molecule has 3 N–H and O–H groups in total. The summed E-state index contributed by atoms with van der Waals surface area (Å²) < 4.78 is 5.57. The van der Waals surface area contributed by atoms with Crippen molar-refractivity contribution in [2.75, 3.05) is 25.0 Å². The molecule has 7 nitrogen and oxygen atoms in total. The Labute approximate surface area is 158 Å². The smallest absolute Gasteiger partial charge is 0.257 e. The van der Waals surface area contributed by atoms with Crippen LogP contribution in [0.4, 0.5) is 5.69 Å². The molecular weight excluding hydrogens is 344 g/mol. The minimum Gasteiger partial charge on any atom is -0.476 e. The van der Waals surface area contributed by atoms with Crippen LogP contribution in [0.3, 0.4) is 0 Å². The summed E-state index contributed by atoms with van der Waals surface area (Å²) in [4.78, 5) is 31.9. The van der Waals surface area contributed by atoms with E-state index in [1.54, 1.807) is 24.5 Å². The fraction of sp³-hybridized carbons (Fsp3) is 0.450. The molecule has 1 aliphatic carbocycles. The quantitative estimate of drug-likeness (QED) is 0.590. The van der Waals surface area contributed by atoms with Gasteiger partial charge in [0.2, 0.25) is 5.88 Å². The molecule has 1 amide bonds. The average Bonchev–Trinajstić information content (AvgIpc) is 3.11. The van der Waals surface area contributed by atoms with Gasteiger partial charge in [-0.05, 0) is 31.9 Å². The molecule has 1 aliphatic rings. The number of pyridine rings is 1. The number of Topliss-reactive ketones (excluding diaryl/α,β-unsaturated/α-hetero) is 1. The molecule has 0 aromatic carbocycles. The molecule has 144 valence electrons. The fourth-order valence-corrected chi connectivity index (χ4v) is 3.10. The standard InChI is InChI=1S/C20H26N4O3/c1-2-3-9-21-10-11-27-18-8-7-14(12-23-18)24-20(26)15-13-22-16-5-4-6-17(25)19(15)16/h7-8,12-13,21-22H,2-6,9-11H2,1H3,(H,24,26). The van der Waals surface area contributed by atoms with Crippen LogP contribution in [-0.2, 0) is 6.42 Å². The van der Waals surface area contributed by atoms with Gasteiger partial charge in [-0.1, -0.05) is 13.3 Å². The molecule has 0 atom stereocenters. The number of carbonyl (C=O) groups is 2. The van der Waals surface area contributed by atoms with Crippen molar-refractivity contribution in [2.24, 2.45) is 0 Å². The number of hydrogen-bond donors (Lipinski definition) is 3. The summed E-state index contributed by atoms with van der Waals surface area (Å²) in [5.41, 5.74) is 2.34. The number of anilines is 1. The van der Waals surface area contributed by atoms with Gasteiger partial charge in [0.25, 0.3) is 5.91 Å². The average molecular weight is 370 g/mol. The van der Waals surface area contributed by atoms with Gasteiger partial charge in [-0.2, -0.15) is 0 Å². The van der Waals surface area contributed by atoms with Gasteiger partial charge in [-0.3, -0.25) is 9.59 Å². The number of carbonyl (C=O) groups excluding carboxylic acids is 2. The van der Waals surface area contributed by atoms with Crippen molar-refractivity contribution in [1.29, 1.82) is 0 Å². The minimum atomic E-state index is -0.307. The zero-order valence-electron chi connectivity index (χ0n) is 15.6. The van der Waals surface area contributed by atoms with Crippen LogP contribution in [0.1, 0.15) is 59.0 Å². The first-order chi connectivity index (χ1) is 13.2. The predicted octanol–water partition coefficient (Wildman–Crippen LogP) is 2.95. The van der Waals surface area contributed by atoms with E-state index in [1.165, 1.54) is 6.42 Å².